The van der Waals surface area contributed by atoms with Crippen LogP contribution in [-0.2, 0) is 4.79 Å². The summed E-state index contributed by atoms with van der Waals surface area (Å²) in [5, 5.41) is 3.37. The number of aromatic amines is 1. The minimum Gasteiger partial charge on any atom is -0.370 e. The average Bonchev–Trinajstić information content (AvgIpc) is 2.82. The number of primary amides is 1. The van der Waals surface area contributed by atoms with Crippen molar-refractivity contribution in [1.82, 2.24) is 10.3 Å². The number of fused-ring (bicyclic) bond motifs is 1. The molecular formula is C13H15N5O2. The molecule has 20 heavy (non-hydrogen) atoms. The summed E-state index contributed by atoms with van der Waals surface area (Å²) in [6.45, 7) is 0.147. The molecule has 104 valence electrons. The van der Waals surface area contributed by atoms with Crippen LogP contribution in [-0.4, -0.2) is 29.3 Å². The first kappa shape index (κ1) is 13.6. The lowest BCUT2D eigenvalue weighted by Crippen LogP contribution is -2.37. The first-order chi connectivity index (χ1) is 9.56. The molecule has 0 spiro atoms. The smallest absolute Gasteiger partial charge is 0.274 e. The van der Waals surface area contributed by atoms with Gasteiger partial charge in [-0.2, -0.15) is 0 Å². The molecule has 0 aliphatic rings. The zero-order valence-corrected chi connectivity index (χ0v) is 10.7. The van der Waals surface area contributed by atoms with Crippen LogP contribution in [0.5, 0.6) is 0 Å². The van der Waals surface area contributed by atoms with Crippen LogP contribution >= 0.6 is 0 Å². The minimum atomic E-state index is -0.469. The van der Waals surface area contributed by atoms with Crippen molar-refractivity contribution < 1.29 is 9.59 Å². The highest BCUT2D eigenvalue weighted by Gasteiger charge is 2.10. The van der Waals surface area contributed by atoms with Crippen molar-refractivity contribution in [3.05, 3.63) is 36.0 Å². The molecule has 1 aromatic carbocycles. The maximum Gasteiger partial charge on any atom is 0.274 e. The summed E-state index contributed by atoms with van der Waals surface area (Å²) in [6.07, 6.45) is 0.0863. The zero-order valence-electron chi connectivity index (χ0n) is 10.7. The van der Waals surface area contributed by atoms with E-state index < -0.39 is 5.91 Å². The normalized spacial score (nSPS) is 11.5. The highest BCUT2D eigenvalue weighted by molar-refractivity contribution is 6.06. The summed E-state index contributed by atoms with van der Waals surface area (Å²) >= 11 is 0. The lowest BCUT2D eigenvalue weighted by atomic mass is 10.2. The van der Waals surface area contributed by atoms with E-state index >= 15 is 0 Å². The summed E-state index contributed by atoms with van der Waals surface area (Å²) in [4.78, 5) is 29.3. The largest absolute Gasteiger partial charge is 0.370 e. The van der Waals surface area contributed by atoms with Gasteiger partial charge in [0.15, 0.2) is 5.96 Å². The van der Waals surface area contributed by atoms with Crippen molar-refractivity contribution >= 4 is 28.7 Å². The topological polar surface area (TPSA) is 126 Å². The third-order valence-electron chi connectivity index (χ3n) is 2.66. The van der Waals surface area contributed by atoms with E-state index in [-0.39, 0.29) is 24.8 Å². The van der Waals surface area contributed by atoms with Crippen LogP contribution in [0.25, 0.3) is 10.9 Å². The van der Waals surface area contributed by atoms with Crippen molar-refractivity contribution in [3.8, 4) is 0 Å². The Morgan fingerprint density at radius 1 is 1.25 bits per heavy atom. The fraction of sp³-hybridized carbons (Fsp3) is 0.154. The van der Waals surface area contributed by atoms with Crippen LogP contribution in [0, 0.1) is 0 Å². The molecule has 0 saturated carbocycles. The summed E-state index contributed by atoms with van der Waals surface area (Å²) in [7, 11) is 0. The van der Waals surface area contributed by atoms with E-state index in [0.717, 1.165) is 10.9 Å². The highest BCUT2D eigenvalue weighted by Crippen LogP contribution is 2.14. The molecule has 1 aromatic heterocycles. The number of hydrogen-bond acceptors (Lipinski definition) is 3. The number of H-pyrrole nitrogens is 1. The predicted molar refractivity (Wildman–Crippen MR) is 76.1 cm³/mol. The van der Waals surface area contributed by atoms with Crippen LogP contribution in [0.3, 0.4) is 0 Å². The number of carbonyl (C=O) groups excluding carboxylic acids is 2. The zero-order chi connectivity index (χ0) is 14.5. The van der Waals surface area contributed by atoms with Crippen molar-refractivity contribution in [2.45, 2.75) is 6.42 Å². The third-order valence-corrected chi connectivity index (χ3v) is 2.66. The Balaban J connectivity index is 2.02. The highest BCUT2D eigenvalue weighted by atomic mass is 16.2. The van der Waals surface area contributed by atoms with Crippen molar-refractivity contribution in [2.24, 2.45) is 16.5 Å². The number of rotatable bonds is 4. The Labute approximate surface area is 115 Å². The van der Waals surface area contributed by atoms with Gasteiger partial charge in [-0.3, -0.25) is 19.9 Å². The Morgan fingerprint density at radius 2 is 2.00 bits per heavy atom. The molecule has 0 unspecified atom stereocenters. The fourth-order valence-corrected chi connectivity index (χ4v) is 1.71. The molecule has 0 atom stereocenters. The van der Waals surface area contributed by atoms with Crippen LogP contribution in [0.2, 0.25) is 0 Å². The first-order valence-corrected chi connectivity index (χ1v) is 6.03. The Hall–Kier alpha value is -2.83. The number of para-hydroxylation sites is 1. The van der Waals surface area contributed by atoms with Crippen LogP contribution in [0.1, 0.15) is 16.9 Å². The van der Waals surface area contributed by atoms with E-state index in [4.69, 9.17) is 11.5 Å². The Bertz CT molecular complexity index is 641. The Morgan fingerprint density at radius 3 is 2.70 bits per heavy atom. The van der Waals surface area contributed by atoms with Crippen molar-refractivity contribution in [1.29, 1.82) is 0 Å². The number of amides is 2. The van der Waals surface area contributed by atoms with Gasteiger partial charge in [-0.1, -0.05) is 18.2 Å². The molecular weight excluding hydrogens is 258 g/mol. The minimum absolute atomic E-state index is 0.0464. The maximum absolute atomic E-state index is 11.9. The molecule has 0 bridgehead atoms. The number of benzene rings is 1. The van der Waals surface area contributed by atoms with Gasteiger partial charge >= 0.3 is 0 Å². The molecule has 0 aliphatic heterocycles. The van der Waals surface area contributed by atoms with Crippen LogP contribution in [0.15, 0.2) is 35.3 Å². The van der Waals surface area contributed by atoms with Gasteiger partial charge in [0.05, 0.1) is 6.54 Å². The second-order valence-electron chi connectivity index (χ2n) is 4.21. The first-order valence-electron chi connectivity index (χ1n) is 6.03. The summed E-state index contributed by atoms with van der Waals surface area (Å²) in [5.74, 6) is -0.903. The quantitative estimate of drug-likeness (QED) is 0.465. The van der Waals surface area contributed by atoms with Gasteiger partial charge < -0.3 is 16.5 Å². The number of aromatic nitrogens is 1. The predicted octanol–water partition coefficient (Wildman–Crippen LogP) is 0.0878. The molecule has 6 N–H and O–H groups in total. The molecule has 1 heterocycles. The van der Waals surface area contributed by atoms with Gasteiger partial charge in [-0.25, -0.2) is 0 Å². The number of hydrogen-bond donors (Lipinski definition) is 4. The van der Waals surface area contributed by atoms with Crippen molar-refractivity contribution in [3.63, 3.8) is 0 Å². The molecule has 2 rings (SSSR count). The molecule has 7 nitrogen and oxygen atoms in total. The number of guanidine groups is 1. The third kappa shape index (κ3) is 3.35. The fourth-order valence-electron chi connectivity index (χ4n) is 1.71. The number of nitrogens with two attached hydrogens (primary N) is 2. The molecule has 2 amide bonds. The van der Waals surface area contributed by atoms with Gasteiger partial charge in [0.25, 0.3) is 5.91 Å². The van der Waals surface area contributed by atoms with Gasteiger partial charge in [0, 0.05) is 17.3 Å². The van der Waals surface area contributed by atoms with Gasteiger partial charge in [0.1, 0.15) is 5.69 Å². The van der Waals surface area contributed by atoms with E-state index in [1.54, 1.807) is 6.07 Å². The monoisotopic (exact) mass is 273 g/mol. The van der Waals surface area contributed by atoms with Gasteiger partial charge in [-0.05, 0) is 12.1 Å². The van der Waals surface area contributed by atoms with E-state index in [1.165, 1.54) is 0 Å². The van der Waals surface area contributed by atoms with E-state index in [9.17, 15) is 9.59 Å². The second kappa shape index (κ2) is 5.87. The van der Waals surface area contributed by atoms with Gasteiger partial charge in [0.2, 0.25) is 5.91 Å². The molecule has 7 heteroatoms. The molecule has 0 radical (unpaired) electrons. The summed E-state index contributed by atoms with van der Waals surface area (Å²) < 4.78 is 0. The lowest BCUT2D eigenvalue weighted by molar-refractivity contribution is -0.117. The maximum atomic E-state index is 11.9. The number of nitrogens with one attached hydrogen (secondary N) is 2. The summed E-state index contributed by atoms with van der Waals surface area (Å²) in [6, 6.07) is 9.25. The number of aliphatic imine (C=N–C) groups is 1. The lowest BCUT2D eigenvalue weighted by Gasteiger charge is -2.02. The molecule has 2 aromatic rings. The number of nitrogens with zero attached hydrogens (tertiary/aromatic N) is 1. The van der Waals surface area contributed by atoms with E-state index in [0.29, 0.717) is 5.69 Å². The van der Waals surface area contributed by atoms with Crippen LogP contribution < -0.4 is 16.8 Å². The van der Waals surface area contributed by atoms with E-state index in [2.05, 4.69) is 15.3 Å². The summed E-state index contributed by atoms with van der Waals surface area (Å²) in [5.41, 5.74) is 11.8. The molecule has 0 fully saturated rings. The standard InChI is InChI=1S/C13H15N5O2/c14-11(19)5-6-16-13(15)18-12(20)10-7-8-3-1-2-4-9(8)17-10/h1-4,7,17H,5-6H2,(H2,14,19)(H3,15,16,18,20). The Kier molecular flexibility index (Phi) is 3.99. The average molecular weight is 273 g/mol. The second-order valence-corrected chi connectivity index (χ2v) is 4.21. The molecule has 0 aliphatic carbocycles. The SMILES string of the molecule is NC(=O)CCN=C(N)NC(=O)c1cc2ccccc2[nH]1. The van der Waals surface area contributed by atoms with Crippen LogP contribution in [0.4, 0.5) is 0 Å². The molecule has 0 saturated heterocycles. The van der Waals surface area contributed by atoms with Crippen molar-refractivity contribution in [2.75, 3.05) is 6.54 Å². The van der Waals surface area contributed by atoms with Gasteiger partial charge in [-0.15, -0.1) is 0 Å². The number of carbonyl (C=O) groups is 2. The van der Waals surface area contributed by atoms with E-state index in [1.807, 2.05) is 24.3 Å².